The maximum absolute atomic E-state index is 11.7. The van der Waals surface area contributed by atoms with Crippen LogP contribution in [-0.2, 0) is 14.6 Å². The predicted octanol–water partition coefficient (Wildman–Crippen LogP) is 1.46. The van der Waals surface area contributed by atoms with Crippen molar-refractivity contribution in [3.05, 3.63) is 18.3 Å². The van der Waals surface area contributed by atoms with Crippen molar-refractivity contribution >= 4 is 15.7 Å². The number of pyridine rings is 1. The maximum Gasteiger partial charge on any atom is 0.179 e. The monoisotopic (exact) mass is 282 g/mol. The summed E-state index contributed by atoms with van der Waals surface area (Å²) in [5.41, 5.74) is 0. The molecule has 2 atom stereocenters. The molecule has 5 nitrogen and oxygen atoms in total. The van der Waals surface area contributed by atoms with E-state index >= 15 is 0 Å². The Kier molecular flexibility index (Phi) is 3.22. The van der Waals surface area contributed by atoms with Crippen molar-refractivity contribution in [2.24, 2.45) is 5.92 Å². The highest BCUT2D eigenvalue weighted by molar-refractivity contribution is 7.90. The van der Waals surface area contributed by atoms with Crippen LogP contribution in [0.4, 0.5) is 5.82 Å². The molecule has 6 heteroatoms. The van der Waals surface area contributed by atoms with Crippen LogP contribution in [0.15, 0.2) is 23.2 Å². The molecule has 19 heavy (non-hydrogen) atoms. The SMILES string of the molecule is CS(=O)(=O)c1cccnc1NC1CCOC1C1CC1. The van der Waals surface area contributed by atoms with Crippen LogP contribution in [0.25, 0.3) is 0 Å². The third-order valence-corrected chi connectivity index (χ3v) is 4.84. The first-order valence-electron chi connectivity index (χ1n) is 6.59. The van der Waals surface area contributed by atoms with Gasteiger partial charge >= 0.3 is 0 Å². The van der Waals surface area contributed by atoms with Gasteiger partial charge in [-0.05, 0) is 37.3 Å². The lowest BCUT2D eigenvalue weighted by atomic mass is 10.1. The van der Waals surface area contributed by atoms with E-state index in [4.69, 9.17) is 4.74 Å². The minimum atomic E-state index is -3.26. The number of hydrogen-bond acceptors (Lipinski definition) is 5. The van der Waals surface area contributed by atoms with Crippen LogP contribution in [0.3, 0.4) is 0 Å². The summed E-state index contributed by atoms with van der Waals surface area (Å²) in [7, 11) is -3.26. The van der Waals surface area contributed by atoms with Crippen LogP contribution in [-0.4, -0.2) is 38.4 Å². The second-order valence-electron chi connectivity index (χ2n) is 5.33. The Labute approximate surface area is 113 Å². The summed E-state index contributed by atoms with van der Waals surface area (Å²) in [5, 5.41) is 3.27. The van der Waals surface area contributed by atoms with E-state index in [0.717, 1.165) is 13.0 Å². The third-order valence-electron chi connectivity index (χ3n) is 3.71. The van der Waals surface area contributed by atoms with Gasteiger partial charge in [0.25, 0.3) is 0 Å². The number of ether oxygens (including phenoxy) is 1. The van der Waals surface area contributed by atoms with Gasteiger partial charge in [-0.3, -0.25) is 0 Å². The smallest absolute Gasteiger partial charge is 0.179 e. The van der Waals surface area contributed by atoms with E-state index in [2.05, 4.69) is 10.3 Å². The molecule has 104 valence electrons. The maximum atomic E-state index is 11.7. The van der Waals surface area contributed by atoms with Gasteiger partial charge in [0, 0.05) is 19.1 Å². The molecule has 1 aliphatic heterocycles. The third kappa shape index (κ3) is 2.74. The molecule has 2 fully saturated rings. The first-order valence-corrected chi connectivity index (χ1v) is 8.48. The first kappa shape index (κ1) is 12.9. The molecule has 0 bridgehead atoms. The van der Waals surface area contributed by atoms with Crippen molar-refractivity contribution in [1.82, 2.24) is 4.98 Å². The molecular weight excluding hydrogens is 264 g/mol. The summed E-state index contributed by atoms with van der Waals surface area (Å²) in [6, 6.07) is 3.40. The summed E-state index contributed by atoms with van der Waals surface area (Å²) in [4.78, 5) is 4.44. The molecular formula is C13H18N2O3S. The molecule has 2 heterocycles. The van der Waals surface area contributed by atoms with E-state index in [9.17, 15) is 8.42 Å². The summed E-state index contributed by atoms with van der Waals surface area (Å²) < 4.78 is 29.2. The van der Waals surface area contributed by atoms with E-state index in [-0.39, 0.29) is 17.0 Å². The van der Waals surface area contributed by atoms with Gasteiger partial charge in [0.15, 0.2) is 9.84 Å². The number of rotatable bonds is 4. The van der Waals surface area contributed by atoms with E-state index in [1.165, 1.54) is 19.1 Å². The zero-order valence-corrected chi connectivity index (χ0v) is 11.7. The predicted molar refractivity (Wildman–Crippen MR) is 71.8 cm³/mol. The second-order valence-corrected chi connectivity index (χ2v) is 7.32. The van der Waals surface area contributed by atoms with Crippen molar-refractivity contribution in [2.45, 2.75) is 36.3 Å². The van der Waals surface area contributed by atoms with Gasteiger partial charge in [-0.2, -0.15) is 0 Å². The highest BCUT2D eigenvalue weighted by Gasteiger charge is 2.41. The molecule has 2 aliphatic rings. The Bertz CT molecular complexity index is 569. The molecule has 1 saturated heterocycles. The van der Waals surface area contributed by atoms with Crippen molar-refractivity contribution in [1.29, 1.82) is 0 Å². The fourth-order valence-corrected chi connectivity index (χ4v) is 3.42. The van der Waals surface area contributed by atoms with Gasteiger partial charge in [0.05, 0.1) is 12.1 Å². The average molecular weight is 282 g/mol. The lowest BCUT2D eigenvalue weighted by Gasteiger charge is -2.21. The molecule has 0 amide bonds. The zero-order chi connectivity index (χ0) is 13.5. The van der Waals surface area contributed by atoms with Crippen molar-refractivity contribution in [3.8, 4) is 0 Å². The van der Waals surface area contributed by atoms with Gasteiger partial charge in [-0.25, -0.2) is 13.4 Å². The fraction of sp³-hybridized carbons (Fsp3) is 0.615. The van der Waals surface area contributed by atoms with E-state index in [0.29, 0.717) is 11.7 Å². The van der Waals surface area contributed by atoms with E-state index < -0.39 is 9.84 Å². The minimum absolute atomic E-state index is 0.169. The number of nitrogens with one attached hydrogen (secondary N) is 1. The summed E-state index contributed by atoms with van der Waals surface area (Å²) in [5.74, 6) is 1.08. The number of aromatic nitrogens is 1. The molecule has 1 saturated carbocycles. The lowest BCUT2D eigenvalue weighted by Crippen LogP contribution is -2.31. The van der Waals surface area contributed by atoms with Crippen LogP contribution < -0.4 is 5.32 Å². The molecule has 1 aromatic rings. The van der Waals surface area contributed by atoms with Gasteiger partial charge in [-0.15, -0.1) is 0 Å². The Morgan fingerprint density at radius 1 is 1.37 bits per heavy atom. The largest absolute Gasteiger partial charge is 0.376 e. The molecule has 0 spiro atoms. The van der Waals surface area contributed by atoms with Crippen LogP contribution in [0.5, 0.6) is 0 Å². The molecule has 3 rings (SSSR count). The summed E-state index contributed by atoms with van der Waals surface area (Å²) >= 11 is 0. The number of anilines is 1. The van der Waals surface area contributed by atoms with Gasteiger partial charge in [0.1, 0.15) is 10.7 Å². The molecule has 0 aromatic carbocycles. The highest BCUT2D eigenvalue weighted by atomic mass is 32.2. The number of hydrogen-bond donors (Lipinski definition) is 1. The average Bonchev–Trinajstić information content (AvgIpc) is 3.10. The number of sulfone groups is 1. The summed E-state index contributed by atoms with van der Waals surface area (Å²) in [6.07, 6.45) is 6.35. The minimum Gasteiger partial charge on any atom is -0.376 e. The number of nitrogens with zero attached hydrogens (tertiary/aromatic N) is 1. The van der Waals surface area contributed by atoms with Crippen LogP contribution >= 0.6 is 0 Å². The fourth-order valence-electron chi connectivity index (χ4n) is 2.63. The Morgan fingerprint density at radius 3 is 2.84 bits per heavy atom. The zero-order valence-electron chi connectivity index (χ0n) is 10.9. The van der Waals surface area contributed by atoms with Crippen LogP contribution in [0.1, 0.15) is 19.3 Å². The van der Waals surface area contributed by atoms with Gasteiger partial charge in [-0.1, -0.05) is 0 Å². The molecule has 1 aliphatic carbocycles. The molecule has 1 N–H and O–H groups in total. The van der Waals surface area contributed by atoms with E-state index in [1.54, 1.807) is 18.3 Å². The van der Waals surface area contributed by atoms with Crippen LogP contribution in [0, 0.1) is 5.92 Å². The molecule has 1 aromatic heterocycles. The Balaban J connectivity index is 1.83. The molecule has 2 unspecified atom stereocenters. The standard InChI is InChI=1S/C13H18N2O3S/c1-19(16,17)11-3-2-7-14-13(11)15-10-6-8-18-12(10)9-4-5-9/h2-3,7,9-10,12H,4-6,8H2,1H3,(H,14,15). The summed E-state index contributed by atoms with van der Waals surface area (Å²) in [6.45, 7) is 0.736. The Morgan fingerprint density at radius 2 is 2.16 bits per heavy atom. The Hall–Kier alpha value is -1.14. The van der Waals surface area contributed by atoms with Gasteiger partial charge < -0.3 is 10.1 Å². The topological polar surface area (TPSA) is 68.3 Å². The first-order chi connectivity index (χ1) is 9.05. The van der Waals surface area contributed by atoms with Crippen molar-refractivity contribution in [3.63, 3.8) is 0 Å². The highest BCUT2D eigenvalue weighted by Crippen LogP contribution is 2.39. The van der Waals surface area contributed by atoms with E-state index in [1.807, 2.05) is 0 Å². The van der Waals surface area contributed by atoms with Crippen molar-refractivity contribution in [2.75, 3.05) is 18.2 Å². The lowest BCUT2D eigenvalue weighted by molar-refractivity contribution is 0.0897. The second kappa shape index (κ2) is 4.76. The van der Waals surface area contributed by atoms with Gasteiger partial charge in [0.2, 0.25) is 0 Å². The van der Waals surface area contributed by atoms with Crippen molar-refractivity contribution < 1.29 is 13.2 Å². The molecule has 0 radical (unpaired) electrons. The van der Waals surface area contributed by atoms with Crippen LogP contribution in [0.2, 0.25) is 0 Å². The normalized spacial score (nSPS) is 27.4. The quantitative estimate of drug-likeness (QED) is 0.905.